The van der Waals surface area contributed by atoms with Crippen molar-refractivity contribution in [1.29, 1.82) is 0 Å². The Bertz CT molecular complexity index is 476. The van der Waals surface area contributed by atoms with Gasteiger partial charge in [0.2, 0.25) is 0 Å². The normalized spacial score (nSPS) is 10.1. The van der Waals surface area contributed by atoms with Crippen molar-refractivity contribution in [2.45, 2.75) is 13.3 Å². The maximum Gasteiger partial charge on any atom is 0.323 e. The summed E-state index contributed by atoms with van der Waals surface area (Å²) in [6.07, 6.45) is 0.636. The highest BCUT2D eigenvalue weighted by Gasteiger charge is 2.19. The Kier molecular flexibility index (Phi) is 5.29. The van der Waals surface area contributed by atoms with E-state index in [1.807, 2.05) is 6.92 Å². The first kappa shape index (κ1) is 14.9. The Morgan fingerprint density at radius 2 is 2.11 bits per heavy atom. The topological polar surface area (TPSA) is 66.8 Å². The predicted octanol–water partition coefficient (Wildman–Crippen LogP) is 1.77. The third-order valence-electron chi connectivity index (χ3n) is 2.50. The molecule has 1 aromatic rings. The van der Waals surface area contributed by atoms with E-state index < -0.39 is 17.7 Å². The molecule has 0 atom stereocenters. The van der Waals surface area contributed by atoms with E-state index in [-0.39, 0.29) is 17.9 Å². The zero-order chi connectivity index (χ0) is 14.4. The van der Waals surface area contributed by atoms with Crippen LogP contribution >= 0.6 is 0 Å². The second kappa shape index (κ2) is 6.72. The van der Waals surface area contributed by atoms with Crippen LogP contribution < -0.4 is 4.74 Å². The SMILES string of the molecule is CCCN(CC(=O)O)C(=O)c1ccc(F)c(OC)c1. The molecule has 0 radical (unpaired) electrons. The van der Waals surface area contributed by atoms with Gasteiger partial charge in [-0.3, -0.25) is 9.59 Å². The summed E-state index contributed by atoms with van der Waals surface area (Å²) in [5.74, 6) is -2.16. The molecule has 0 aliphatic carbocycles. The molecular formula is C13H16FNO4. The number of aliphatic carboxylic acids is 1. The van der Waals surface area contributed by atoms with Gasteiger partial charge in [-0.05, 0) is 24.6 Å². The van der Waals surface area contributed by atoms with E-state index in [2.05, 4.69) is 0 Å². The summed E-state index contributed by atoms with van der Waals surface area (Å²) in [5, 5.41) is 8.77. The van der Waals surface area contributed by atoms with Crippen molar-refractivity contribution in [2.24, 2.45) is 0 Å². The van der Waals surface area contributed by atoms with Crippen LogP contribution in [-0.2, 0) is 4.79 Å². The van der Waals surface area contributed by atoms with Crippen molar-refractivity contribution in [3.8, 4) is 5.75 Å². The van der Waals surface area contributed by atoms with Crippen LogP contribution in [0, 0.1) is 5.82 Å². The van der Waals surface area contributed by atoms with Crippen LogP contribution in [0.3, 0.4) is 0 Å². The van der Waals surface area contributed by atoms with Gasteiger partial charge in [0.05, 0.1) is 7.11 Å². The molecule has 0 unspecified atom stereocenters. The standard InChI is InChI=1S/C13H16FNO4/c1-3-6-15(8-12(16)17)13(18)9-4-5-10(14)11(7-9)19-2/h4-5,7H,3,6,8H2,1-2H3,(H,16,17). The molecule has 0 fully saturated rings. The number of carboxylic acids is 1. The summed E-state index contributed by atoms with van der Waals surface area (Å²) in [7, 11) is 1.30. The van der Waals surface area contributed by atoms with Crippen LogP contribution in [-0.4, -0.2) is 42.1 Å². The summed E-state index contributed by atoms with van der Waals surface area (Å²) in [4.78, 5) is 24.1. The zero-order valence-corrected chi connectivity index (χ0v) is 10.9. The number of carbonyl (C=O) groups is 2. The fourth-order valence-electron chi connectivity index (χ4n) is 1.66. The largest absolute Gasteiger partial charge is 0.494 e. The van der Waals surface area contributed by atoms with Crippen molar-refractivity contribution in [3.05, 3.63) is 29.6 Å². The van der Waals surface area contributed by atoms with Gasteiger partial charge in [-0.1, -0.05) is 6.92 Å². The van der Waals surface area contributed by atoms with E-state index in [1.54, 1.807) is 0 Å². The van der Waals surface area contributed by atoms with Crippen molar-refractivity contribution < 1.29 is 23.8 Å². The number of hydrogen-bond donors (Lipinski definition) is 1. The van der Waals surface area contributed by atoms with Crippen LogP contribution in [0.15, 0.2) is 18.2 Å². The number of ether oxygens (including phenoxy) is 1. The molecule has 0 aromatic heterocycles. The highest BCUT2D eigenvalue weighted by Crippen LogP contribution is 2.19. The average Bonchev–Trinajstić information content (AvgIpc) is 2.37. The Morgan fingerprint density at radius 3 is 2.63 bits per heavy atom. The van der Waals surface area contributed by atoms with Gasteiger partial charge >= 0.3 is 5.97 Å². The van der Waals surface area contributed by atoms with E-state index in [4.69, 9.17) is 9.84 Å². The number of rotatable bonds is 6. The first-order valence-electron chi connectivity index (χ1n) is 5.84. The zero-order valence-electron chi connectivity index (χ0n) is 10.9. The number of carboxylic acid groups (broad SMARTS) is 1. The lowest BCUT2D eigenvalue weighted by Gasteiger charge is -2.20. The first-order valence-corrected chi connectivity index (χ1v) is 5.84. The predicted molar refractivity (Wildman–Crippen MR) is 66.8 cm³/mol. The molecule has 0 spiro atoms. The Labute approximate surface area is 110 Å². The third-order valence-corrected chi connectivity index (χ3v) is 2.50. The van der Waals surface area contributed by atoms with Crippen molar-refractivity contribution >= 4 is 11.9 Å². The Hall–Kier alpha value is -2.11. The van der Waals surface area contributed by atoms with Crippen LogP contribution in [0.5, 0.6) is 5.75 Å². The summed E-state index contributed by atoms with van der Waals surface area (Å²) >= 11 is 0. The van der Waals surface area contributed by atoms with E-state index in [0.29, 0.717) is 13.0 Å². The highest BCUT2D eigenvalue weighted by molar-refractivity contribution is 5.96. The average molecular weight is 269 g/mol. The van der Waals surface area contributed by atoms with Gasteiger partial charge in [-0.25, -0.2) is 4.39 Å². The minimum Gasteiger partial charge on any atom is -0.494 e. The number of halogens is 1. The number of methoxy groups -OCH3 is 1. The Morgan fingerprint density at radius 1 is 1.42 bits per heavy atom. The van der Waals surface area contributed by atoms with Gasteiger partial charge in [0.1, 0.15) is 6.54 Å². The van der Waals surface area contributed by atoms with Crippen molar-refractivity contribution in [3.63, 3.8) is 0 Å². The van der Waals surface area contributed by atoms with Crippen molar-refractivity contribution in [1.82, 2.24) is 4.90 Å². The maximum atomic E-state index is 13.2. The number of benzene rings is 1. The van der Waals surface area contributed by atoms with E-state index in [1.165, 1.54) is 24.1 Å². The van der Waals surface area contributed by atoms with Gasteiger partial charge in [-0.2, -0.15) is 0 Å². The van der Waals surface area contributed by atoms with Gasteiger partial charge in [0, 0.05) is 12.1 Å². The van der Waals surface area contributed by atoms with Crippen LogP contribution in [0.4, 0.5) is 4.39 Å². The van der Waals surface area contributed by atoms with E-state index in [9.17, 15) is 14.0 Å². The minimum atomic E-state index is -1.09. The smallest absolute Gasteiger partial charge is 0.323 e. The molecule has 1 N–H and O–H groups in total. The first-order chi connectivity index (χ1) is 8.99. The molecule has 1 amide bonds. The summed E-state index contributed by atoms with van der Waals surface area (Å²) in [6.45, 7) is 1.78. The number of hydrogen-bond acceptors (Lipinski definition) is 3. The molecule has 1 rings (SSSR count). The molecule has 0 aliphatic heterocycles. The van der Waals surface area contributed by atoms with Gasteiger partial charge in [-0.15, -0.1) is 0 Å². The summed E-state index contributed by atoms with van der Waals surface area (Å²) in [5.41, 5.74) is 0.202. The Balaban J connectivity index is 2.98. The van der Waals surface area contributed by atoms with Gasteiger partial charge < -0.3 is 14.7 Å². The molecule has 6 heteroatoms. The molecule has 0 aliphatic rings. The molecular weight excluding hydrogens is 253 g/mol. The molecule has 5 nitrogen and oxygen atoms in total. The second-order valence-electron chi connectivity index (χ2n) is 3.97. The quantitative estimate of drug-likeness (QED) is 0.854. The lowest BCUT2D eigenvalue weighted by Crippen LogP contribution is -2.36. The molecule has 104 valence electrons. The maximum absolute atomic E-state index is 13.2. The van der Waals surface area contributed by atoms with E-state index >= 15 is 0 Å². The van der Waals surface area contributed by atoms with Crippen LogP contribution in [0.25, 0.3) is 0 Å². The summed E-state index contributed by atoms with van der Waals surface area (Å²) in [6, 6.07) is 3.70. The monoisotopic (exact) mass is 269 g/mol. The molecule has 0 saturated carbocycles. The molecule has 0 bridgehead atoms. The van der Waals surface area contributed by atoms with Crippen LogP contribution in [0.1, 0.15) is 23.7 Å². The molecule has 0 heterocycles. The lowest BCUT2D eigenvalue weighted by molar-refractivity contribution is -0.137. The van der Waals surface area contributed by atoms with Gasteiger partial charge in [0.15, 0.2) is 11.6 Å². The fraction of sp³-hybridized carbons (Fsp3) is 0.385. The van der Waals surface area contributed by atoms with Crippen molar-refractivity contribution in [2.75, 3.05) is 20.2 Å². The van der Waals surface area contributed by atoms with Crippen LogP contribution in [0.2, 0.25) is 0 Å². The molecule has 1 aromatic carbocycles. The number of nitrogens with zero attached hydrogens (tertiary/aromatic N) is 1. The lowest BCUT2D eigenvalue weighted by atomic mass is 10.1. The minimum absolute atomic E-state index is 0.0439. The van der Waals surface area contributed by atoms with Gasteiger partial charge in [0.25, 0.3) is 5.91 Å². The number of amides is 1. The van der Waals surface area contributed by atoms with E-state index in [0.717, 1.165) is 6.07 Å². The number of carbonyl (C=O) groups excluding carboxylic acids is 1. The fourth-order valence-corrected chi connectivity index (χ4v) is 1.66. The third kappa shape index (κ3) is 3.94. The highest BCUT2D eigenvalue weighted by atomic mass is 19.1. The summed E-state index contributed by atoms with van der Waals surface area (Å²) < 4.78 is 18.0. The molecule has 0 saturated heterocycles. The molecule has 19 heavy (non-hydrogen) atoms. The second-order valence-corrected chi connectivity index (χ2v) is 3.97.